The molecule has 0 aliphatic carbocycles. The fourth-order valence-electron chi connectivity index (χ4n) is 3.59. The van der Waals surface area contributed by atoms with E-state index < -0.39 is 0 Å². The third kappa shape index (κ3) is 6.15. The second kappa shape index (κ2) is 11.1. The van der Waals surface area contributed by atoms with Crippen molar-refractivity contribution >= 4 is 0 Å². The lowest BCUT2D eigenvalue weighted by molar-refractivity contribution is 0.246. The molecule has 0 N–H and O–H groups in total. The van der Waals surface area contributed by atoms with Gasteiger partial charge in [-0.05, 0) is 46.5 Å². The first kappa shape index (κ1) is 21.5. The number of hydrogen-bond donors (Lipinski definition) is 0. The Labute approximate surface area is 189 Å². The Morgan fingerprint density at radius 2 is 1.28 bits per heavy atom. The van der Waals surface area contributed by atoms with Crippen molar-refractivity contribution < 1.29 is 9.47 Å². The van der Waals surface area contributed by atoms with Gasteiger partial charge in [-0.2, -0.15) is 0 Å². The maximum absolute atomic E-state index is 6.01. The molecule has 4 aromatic rings. The highest BCUT2D eigenvalue weighted by molar-refractivity contribution is 5.43. The lowest BCUT2D eigenvalue weighted by atomic mass is 10.1. The van der Waals surface area contributed by atoms with Crippen molar-refractivity contribution in [3.8, 4) is 11.5 Å². The molecule has 0 saturated heterocycles. The van der Waals surface area contributed by atoms with E-state index in [-0.39, 0.29) is 0 Å². The molecule has 0 bridgehead atoms. The Kier molecular flexibility index (Phi) is 7.45. The highest BCUT2D eigenvalue weighted by Gasteiger charge is 2.12. The highest BCUT2D eigenvalue weighted by atomic mass is 16.5. The van der Waals surface area contributed by atoms with Gasteiger partial charge in [0.05, 0.1) is 7.11 Å². The third-order valence-electron chi connectivity index (χ3n) is 5.13. The van der Waals surface area contributed by atoms with Crippen LogP contribution in [0.5, 0.6) is 11.5 Å². The second-order valence-electron chi connectivity index (χ2n) is 7.63. The molecular weight excluding hydrogens is 398 g/mol. The van der Waals surface area contributed by atoms with Gasteiger partial charge >= 0.3 is 0 Å². The van der Waals surface area contributed by atoms with E-state index >= 15 is 0 Å². The average Bonchev–Trinajstić information content (AvgIpc) is 2.85. The first-order chi connectivity index (χ1) is 15.8. The number of rotatable bonds is 10. The standard InChI is InChI=1S/C27H27N3O2/c1-31-27-15-23(11-12-26(27)32-21-22-7-3-2-4-8-22)18-30(19-24-9-5-13-28-16-24)20-25-10-6-14-29-17-25/h2-17H,18-21H2,1H3. The van der Waals surface area contributed by atoms with Crippen molar-refractivity contribution in [3.05, 3.63) is 120 Å². The van der Waals surface area contributed by atoms with Crippen LogP contribution in [0.15, 0.2) is 97.6 Å². The summed E-state index contributed by atoms with van der Waals surface area (Å²) in [6, 6.07) is 24.4. The topological polar surface area (TPSA) is 47.5 Å². The van der Waals surface area contributed by atoms with Crippen molar-refractivity contribution in [2.24, 2.45) is 0 Å². The van der Waals surface area contributed by atoms with Gasteiger partial charge in [0.2, 0.25) is 0 Å². The van der Waals surface area contributed by atoms with Crippen LogP contribution >= 0.6 is 0 Å². The van der Waals surface area contributed by atoms with E-state index in [1.165, 1.54) is 11.1 Å². The van der Waals surface area contributed by atoms with Crippen molar-refractivity contribution in [1.82, 2.24) is 14.9 Å². The van der Waals surface area contributed by atoms with Crippen molar-refractivity contribution in [2.45, 2.75) is 26.2 Å². The van der Waals surface area contributed by atoms with Crippen molar-refractivity contribution in [3.63, 3.8) is 0 Å². The van der Waals surface area contributed by atoms with Crippen molar-refractivity contribution in [2.75, 3.05) is 7.11 Å². The largest absolute Gasteiger partial charge is 0.493 e. The highest BCUT2D eigenvalue weighted by Crippen LogP contribution is 2.29. The summed E-state index contributed by atoms with van der Waals surface area (Å²) in [5, 5.41) is 0. The van der Waals surface area contributed by atoms with E-state index in [2.05, 4.69) is 51.3 Å². The van der Waals surface area contributed by atoms with Crippen LogP contribution in [0.1, 0.15) is 22.3 Å². The van der Waals surface area contributed by atoms with Crippen LogP contribution in [0.3, 0.4) is 0 Å². The molecule has 32 heavy (non-hydrogen) atoms. The molecule has 4 rings (SSSR count). The van der Waals surface area contributed by atoms with Crippen LogP contribution in [0.25, 0.3) is 0 Å². The van der Waals surface area contributed by atoms with Gasteiger partial charge in [0.25, 0.3) is 0 Å². The van der Waals surface area contributed by atoms with Gasteiger partial charge in [0, 0.05) is 44.4 Å². The first-order valence-corrected chi connectivity index (χ1v) is 10.6. The van der Waals surface area contributed by atoms with E-state index in [0.717, 1.165) is 42.3 Å². The number of aromatic nitrogens is 2. The summed E-state index contributed by atoms with van der Waals surface area (Å²) >= 11 is 0. The molecule has 2 aromatic carbocycles. The number of ether oxygens (including phenoxy) is 2. The van der Waals surface area contributed by atoms with Crippen LogP contribution in [0.2, 0.25) is 0 Å². The van der Waals surface area contributed by atoms with Gasteiger partial charge in [0.15, 0.2) is 11.5 Å². The normalized spacial score (nSPS) is 10.8. The zero-order valence-electron chi connectivity index (χ0n) is 18.2. The predicted octanol–water partition coefficient (Wildman–Crippen LogP) is 5.27. The molecule has 0 amide bonds. The summed E-state index contributed by atoms with van der Waals surface area (Å²) in [6.07, 6.45) is 7.43. The van der Waals surface area contributed by atoms with Crippen LogP contribution in [-0.4, -0.2) is 22.0 Å². The summed E-state index contributed by atoms with van der Waals surface area (Å²) in [6.45, 7) is 2.85. The maximum Gasteiger partial charge on any atom is 0.161 e. The molecule has 162 valence electrons. The van der Waals surface area contributed by atoms with Gasteiger partial charge in [-0.3, -0.25) is 14.9 Å². The first-order valence-electron chi connectivity index (χ1n) is 10.6. The van der Waals surface area contributed by atoms with Gasteiger partial charge in [-0.1, -0.05) is 48.5 Å². The van der Waals surface area contributed by atoms with E-state index in [9.17, 15) is 0 Å². The van der Waals surface area contributed by atoms with E-state index in [1.807, 2.05) is 48.8 Å². The van der Waals surface area contributed by atoms with Crippen molar-refractivity contribution in [1.29, 1.82) is 0 Å². The number of benzene rings is 2. The van der Waals surface area contributed by atoms with Crippen LogP contribution < -0.4 is 9.47 Å². The Bertz CT molecular complexity index is 1050. The molecule has 2 aromatic heterocycles. The van der Waals surface area contributed by atoms with Gasteiger partial charge in [-0.15, -0.1) is 0 Å². The smallest absolute Gasteiger partial charge is 0.161 e. The summed E-state index contributed by atoms with van der Waals surface area (Å²) in [5.74, 6) is 1.48. The molecule has 0 aliphatic heterocycles. The van der Waals surface area contributed by atoms with E-state index in [0.29, 0.717) is 6.61 Å². The minimum absolute atomic E-state index is 0.505. The molecule has 0 aliphatic rings. The second-order valence-corrected chi connectivity index (χ2v) is 7.63. The van der Waals surface area contributed by atoms with E-state index in [4.69, 9.17) is 9.47 Å². The zero-order chi connectivity index (χ0) is 22.0. The summed E-state index contributed by atoms with van der Waals surface area (Å²) < 4.78 is 11.6. The molecule has 0 fully saturated rings. The zero-order valence-corrected chi connectivity index (χ0v) is 18.2. The van der Waals surface area contributed by atoms with Crippen LogP contribution in [-0.2, 0) is 26.2 Å². The average molecular weight is 426 g/mol. The Balaban J connectivity index is 1.49. The molecule has 0 atom stereocenters. The lowest BCUT2D eigenvalue weighted by Gasteiger charge is -2.23. The minimum atomic E-state index is 0.505. The Hall–Kier alpha value is -3.70. The predicted molar refractivity (Wildman–Crippen MR) is 125 cm³/mol. The number of pyridine rings is 2. The quantitative estimate of drug-likeness (QED) is 0.347. The molecule has 5 nitrogen and oxygen atoms in total. The molecular formula is C27H27N3O2. The lowest BCUT2D eigenvalue weighted by Crippen LogP contribution is -2.22. The van der Waals surface area contributed by atoms with E-state index in [1.54, 1.807) is 19.5 Å². The molecule has 0 spiro atoms. The third-order valence-corrected chi connectivity index (χ3v) is 5.13. The Morgan fingerprint density at radius 1 is 0.656 bits per heavy atom. The summed E-state index contributed by atoms with van der Waals surface area (Å²) in [5.41, 5.74) is 4.62. The number of nitrogens with zero attached hydrogens (tertiary/aromatic N) is 3. The monoisotopic (exact) mass is 425 g/mol. The fourth-order valence-corrected chi connectivity index (χ4v) is 3.59. The molecule has 2 heterocycles. The van der Waals surface area contributed by atoms with Crippen LogP contribution in [0, 0.1) is 0 Å². The van der Waals surface area contributed by atoms with Gasteiger partial charge < -0.3 is 9.47 Å². The number of hydrogen-bond acceptors (Lipinski definition) is 5. The SMILES string of the molecule is COc1cc(CN(Cc2cccnc2)Cc2cccnc2)ccc1OCc1ccccc1. The Morgan fingerprint density at radius 3 is 1.88 bits per heavy atom. The summed E-state index contributed by atoms with van der Waals surface area (Å²) in [7, 11) is 1.68. The summed E-state index contributed by atoms with van der Waals surface area (Å²) in [4.78, 5) is 10.9. The minimum Gasteiger partial charge on any atom is -0.493 e. The maximum atomic E-state index is 6.01. The molecule has 0 radical (unpaired) electrons. The van der Waals surface area contributed by atoms with Gasteiger partial charge in [0.1, 0.15) is 6.61 Å². The molecule has 5 heteroatoms. The molecule has 0 unspecified atom stereocenters. The van der Waals surface area contributed by atoms with Gasteiger partial charge in [-0.25, -0.2) is 0 Å². The van der Waals surface area contributed by atoms with Crippen LogP contribution in [0.4, 0.5) is 0 Å². The number of methoxy groups -OCH3 is 1. The fraction of sp³-hybridized carbons (Fsp3) is 0.185. The molecule has 0 saturated carbocycles.